The molecule has 22 nitrogen and oxygen atoms in total. The van der Waals surface area contributed by atoms with E-state index in [1.165, 1.54) is 51.4 Å². The fraction of sp³-hybridized carbons (Fsp3) is 0.565. The van der Waals surface area contributed by atoms with Crippen LogP contribution in [0, 0.1) is 5.92 Å². The van der Waals surface area contributed by atoms with Gasteiger partial charge in [0.05, 0.1) is 56.4 Å². The number of thioether (sulfide) groups is 1. The molecule has 6 aromatic carbocycles. The van der Waals surface area contributed by atoms with Gasteiger partial charge in [0.25, 0.3) is 0 Å². The number of carbonyl (C=O) groups excluding carboxylic acids is 4. The highest BCUT2D eigenvalue weighted by Gasteiger charge is 2.42. The summed E-state index contributed by atoms with van der Waals surface area (Å²) in [5, 5.41) is 21.8. The summed E-state index contributed by atoms with van der Waals surface area (Å²) in [7, 11) is -19.0. The van der Waals surface area contributed by atoms with E-state index in [-0.39, 0.29) is 65.3 Å². The van der Waals surface area contributed by atoms with Crippen LogP contribution in [0.1, 0.15) is 264 Å². The number of hydrogen-bond acceptors (Lipinski definition) is 22. The molecule has 2 aliphatic heterocycles. The van der Waals surface area contributed by atoms with Crippen LogP contribution >= 0.6 is 11.8 Å². The summed E-state index contributed by atoms with van der Waals surface area (Å²) in [4.78, 5) is 46.0. The highest BCUT2D eigenvalue weighted by atomic mass is 32.2. The summed E-state index contributed by atoms with van der Waals surface area (Å²) in [6.45, 7) is 35.4. The van der Waals surface area contributed by atoms with Crippen LogP contribution in [0.5, 0.6) is 5.75 Å². The first-order chi connectivity index (χ1) is 56.8. The molecule has 0 aromatic heterocycles. The molecule has 121 heavy (non-hydrogen) atoms. The lowest BCUT2D eigenvalue weighted by Gasteiger charge is -2.36. The zero-order valence-electron chi connectivity index (χ0n) is 76.1. The molecule has 0 spiro atoms. The van der Waals surface area contributed by atoms with E-state index in [0.717, 1.165) is 67.8 Å². The Hall–Kier alpha value is -6.51. The summed E-state index contributed by atoms with van der Waals surface area (Å²) in [5.41, 5.74) is 9.11. The third-order valence-electron chi connectivity index (χ3n) is 20.5. The lowest BCUT2D eigenvalue weighted by atomic mass is 9.87. The third-order valence-corrected chi connectivity index (χ3v) is 31.1. The van der Waals surface area contributed by atoms with E-state index in [9.17, 15) is 74.8 Å². The first-order valence-corrected chi connectivity index (χ1v) is 54.8. The molecule has 682 valence electrons. The van der Waals surface area contributed by atoms with Crippen LogP contribution < -0.4 is 15.4 Å². The minimum atomic E-state index is -3.19. The maximum Gasteiger partial charge on any atom is 0.217 e. The van der Waals surface area contributed by atoms with E-state index in [2.05, 4.69) is 10.6 Å². The van der Waals surface area contributed by atoms with E-state index in [1.54, 1.807) is 56.8 Å². The number of amides is 1. The van der Waals surface area contributed by atoms with Crippen LogP contribution in [0.2, 0.25) is 0 Å². The molecule has 0 saturated carbocycles. The largest absolute Gasteiger partial charge is 0.488 e. The number of fused-ring (bicyclic) bond motifs is 6. The molecule has 4 aliphatic carbocycles. The molecule has 15 atom stereocenters. The van der Waals surface area contributed by atoms with Gasteiger partial charge in [0.15, 0.2) is 64.8 Å². The molecular formula is C92H142N2O20S7. The predicted molar refractivity (Wildman–Crippen MR) is 496 cm³/mol. The number of sulfone groups is 6. The molecule has 0 saturated heterocycles. The van der Waals surface area contributed by atoms with Crippen LogP contribution in [0.4, 0.5) is 0 Å². The van der Waals surface area contributed by atoms with Crippen molar-refractivity contribution in [3.8, 4) is 5.75 Å². The van der Waals surface area contributed by atoms with Crippen LogP contribution in [0.25, 0.3) is 0 Å². The van der Waals surface area contributed by atoms with Crippen molar-refractivity contribution in [2.75, 3.05) is 44.1 Å². The zero-order chi connectivity index (χ0) is 92.9. The van der Waals surface area contributed by atoms with Crippen molar-refractivity contribution < 1.29 is 89.4 Å². The monoisotopic (exact) mass is 1820 g/mol. The second kappa shape index (κ2) is 53.7. The SMILES string of the molecule is CC.CC.CC.CC.CC.CC.CC(=O)C(C)N[C@@H]1Cc2ccccc2C(S(C)(=O)=O)C1.CC(=O)C(C)O[C@@H]1Cc2ccccc2C(S(C)(=O)=O)C1.CC(=O)CC[C@@H]1Sc2ccccc2C(S(C)(=O)=O)[C@@H]1C.CC(=O)N[C@@H]1Cc2ccccc2C(S(C)(=O)=O)C1.CS(=O)(=O)C1C[C@H](CO)Oc2ccccc21.CS(=O)(=O)C1C[C@H](O)Cc2ccccc21. The normalized spacial score (nSPS) is 22.5. The van der Waals surface area contributed by atoms with E-state index >= 15 is 0 Å². The molecular weight excluding hydrogens is 1680 g/mol. The Bertz CT molecular complexity index is 4810. The van der Waals surface area contributed by atoms with E-state index in [4.69, 9.17) is 14.6 Å². The fourth-order valence-corrected chi connectivity index (χ4v) is 24.5. The van der Waals surface area contributed by atoms with Crippen LogP contribution in [-0.4, -0.2) is 176 Å². The fourth-order valence-electron chi connectivity index (χ4n) is 14.9. The van der Waals surface area contributed by atoms with Gasteiger partial charge in [-0.1, -0.05) is 223 Å². The lowest BCUT2D eigenvalue weighted by Crippen LogP contribution is -2.44. The van der Waals surface area contributed by atoms with Gasteiger partial charge >= 0.3 is 0 Å². The quantitative estimate of drug-likeness (QED) is 0.0659. The summed E-state index contributed by atoms with van der Waals surface area (Å²) in [6, 6.07) is 44.7. The highest BCUT2D eigenvalue weighted by molar-refractivity contribution is 8.00. The predicted octanol–water partition coefficient (Wildman–Crippen LogP) is 16.4. The van der Waals surface area contributed by atoms with Gasteiger partial charge < -0.3 is 35.1 Å². The number of rotatable bonds is 17. The van der Waals surface area contributed by atoms with Gasteiger partial charge in [0, 0.05) is 85.1 Å². The summed E-state index contributed by atoms with van der Waals surface area (Å²) < 4.78 is 154. The van der Waals surface area contributed by atoms with Crippen molar-refractivity contribution in [3.63, 3.8) is 0 Å². The Kier molecular flexibility index (Phi) is 50.0. The maximum atomic E-state index is 12.2. The zero-order valence-corrected chi connectivity index (χ0v) is 81.8. The average Bonchev–Trinajstić information content (AvgIpc) is 0.762. The van der Waals surface area contributed by atoms with Gasteiger partial charge in [0.2, 0.25) is 5.91 Å². The number of Topliss-reactive ketones (excluding diaryl/α,β-unsaturated/α-hetero) is 3. The molecule has 0 bridgehead atoms. The minimum Gasteiger partial charge on any atom is -0.488 e. The van der Waals surface area contributed by atoms with Crippen molar-refractivity contribution in [2.24, 2.45) is 5.92 Å². The average molecular weight is 1820 g/mol. The van der Waals surface area contributed by atoms with E-state index in [1.807, 2.05) is 218 Å². The van der Waals surface area contributed by atoms with E-state index < -0.39 is 109 Å². The van der Waals surface area contributed by atoms with Gasteiger partial charge in [-0.25, -0.2) is 50.5 Å². The van der Waals surface area contributed by atoms with Crippen molar-refractivity contribution in [1.29, 1.82) is 0 Å². The molecule has 6 aromatic rings. The third kappa shape index (κ3) is 35.8. The molecule has 1 amide bonds. The first kappa shape index (κ1) is 112. The van der Waals surface area contributed by atoms with Crippen molar-refractivity contribution >= 4 is 94.0 Å². The Morgan fingerprint density at radius 1 is 0.446 bits per heavy atom. The number of ketones is 3. The van der Waals surface area contributed by atoms with Gasteiger partial charge in [0.1, 0.15) is 29.5 Å². The molecule has 29 heteroatoms. The van der Waals surface area contributed by atoms with Gasteiger partial charge in [-0.15, -0.1) is 11.8 Å². The smallest absolute Gasteiger partial charge is 0.217 e. The Morgan fingerprint density at radius 2 is 0.802 bits per heavy atom. The molecule has 4 N–H and O–H groups in total. The molecule has 0 radical (unpaired) electrons. The Balaban J connectivity index is 0.000000709. The van der Waals surface area contributed by atoms with Gasteiger partial charge in [-0.05, 0) is 161 Å². The summed E-state index contributed by atoms with van der Waals surface area (Å²) >= 11 is 1.71. The number of ether oxygens (including phenoxy) is 2. The van der Waals surface area contributed by atoms with Crippen molar-refractivity contribution in [1.82, 2.24) is 10.6 Å². The summed E-state index contributed by atoms with van der Waals surface area (Å²) in [5.74, 6) is 0.645. The van der Waals surface area contributed by atoms with E-state index in [0.29, 0.717) is 69.1 Å². The molecule has 12 rings (SSSR count). The van der Waals surface area contributed by atoms with Gasteiger partial charge in [-0.2, -0.15) is 0 Å². The molecule has 2 heterocycles. The summed E-state index contributed by atoms with van der Waals surface area (Å²) in [6.07, 6.45) is 11.8. The lowest BCUT2D eigenvalue weighted by molar-refractivity contribution is -0.131. The second-order valence-electron chi connectivity index (χ2n) is 29.6. The Labute approximate surface area is 732 Å². The molecule has 0 fully saturated rings. The number of para-hydroxylation sites is 1. The Morgan fingerprint density at radius 3 is 1.20 bits per heavy atom. The standard InChI is InChI=1S/C15H21NO3S.C15H20O4S.C15H20O3S2.C13H17NO3S.C11H14O4S.C11H14O3S.6C2H6/c1-10(11(2)17)16-13-8-12-6-4-5-7-14(12)15(9-13)20(3,18)19;1-10(16)11(2)19-13-8-12-6-4-5-7-14(12)15(9-13)20(3,17)18;1-10(16)8-9-13-11(2)15(20(3,17)18)12-6-4-5-7-14(12)19-13;1-9(15)14-11-7-10-5-3-4-6-12(10)13(8-11)18(2,16)17;1-16(13,14)11-6-8(7-12)15-10-5-3-2-4-9(10)11;1-15(13,14)11-7-9(12)6-8-4-2-3-5-10(8)11;6*1-2/h4-7,10,13,15-16H,8-9H2,1-3H3;2*4-7,11,13,15H,8-9H2,1-3H3;3-6,11,13H,7-8H2,1-2H3,(H,14,15);2-5,8,11-12H,6-7H2,1H3;2-5,9,11-12H,6-7H2,1H3;6*1-2H3/t10?,13-,15?;11?,13-,15?;11-,13+,15?;11-,13?;8-,11?;9-,11?;;;;;;/m111111....../s1. The van der Waals surface area contributed by atoms with Crippen LogP contribution in [-0.2, 0) is 109 Å². The topological polar surface area (TPSA) is 356 Å². The number of carbonyl (C=O) groups is 4. The van der Waals surface area contributed by atoms with Crippen molar-refractivity contribution in [3.05, 3.63) is 201 Å². The highest BCUT2D eigenvalue weighted by Crippen LogP contribution is 2.49. The van der Waals surface area contributed by atoms with Crippen LogP contribution in [0.3, 0.4) is 0 Å². The minimum absolute atomic E-state index is 0.0172. The number of aliphatic hydroxyl groups is 2. The first-order valence-electron chi connectivity index (χ1n) is 42.2. The number of hydrogen-bond donors (Lipinski definition) is 4. The van der Waals surface area contributed by atoms with Crippen molar-refractivity contribution in [2.45, 2.75) is 286 Å². The number of nitrogens with one attached hydrogen (secondary N) is 2. The maximum absolute atomic E-state index is 12.2. The molecule has 8 unspecified atom stereocenters. The number of aliphatic hydroxyl groups excluding tert-OH is 2. The molecule has 6 aliphatic rings. The van der Waals surface area contributed by atoms with Gasteiger partial charge in [-0.3, -0.25) is 14.4 Å². The van der Waals surface area contributed by atoms with Crippen LogP contribution in [0.15, 0.2) is 150 Å². The second-order valence-corrected chi connectivity index (χ2v) is 44.2. The number of benzene rings is 6.